The standard InChI is InChI=1S/C10H13FN2O2S2/c1-6-3-4-9(8(11)5-6)13-17(14,15)7(2)10(12)16/h3-5,7,13H,1-2H3,(H2,12,16). The van der Waals surface area contributed by atoms with Crippen LogP contribution in [0.3, 0.4) is 0 Å². The van der Waals surface area contributed by atoms with E-state index in [2.05, 4.69) is 16.9 Å². The molecule has 0 aromatic heterocycles. The second-order valence-electron chi connectivity index (χ2n) is 3.67. The largest absolute Gasteiger partial charge is 0.392 e. The quantitative estimate of drug-likeness (QED) is 0.818. The van der Waals surface area contributed by atoms with Crippen molar-refractivity contribution < 1.29 is 12.8 Å². The molecule has 0 aliphatic carbocycles. The van der Waals surface area contributed by atoms with Crippen molar-refractivity contribution in [2.24, 2.45) is 5.73 Å². The van der Waals surface area contributed by atoms with Crippen LogP contribution in [0.15, 0.2) is 18.2 Å². The molecular weight excluding hydrogens is 263 g/mol. The molecule has 0 aliphatic heterocycles. The normalized spacial score (nSPS) is 13.1. The maximum Gasteiger partial charge on any atom is 0.241 e. The van der Waals surface area contributed by atoms with Gasteiger partial charge in [-0.05, 0) is 31.5 Å². The van der Waals surface area contributed by atoms with Crippen molar-refractivity contribution in [2.45, 2.75) is 19.1 Å². The highest BCUT2D eigenvalue weighted by Crippen LogP contribution is 2.18. The van der Waals surface area contributed by atoms with E-state index in [4.69, 9.17) is 5.73 Å². The van der Waals surface area contributed by atoms with Crippen LogP contribution in [-0.4, -0.2) is 18.7 Å². The Bertz CT molecular complexity index is 543. The monoisotopic (exact) mass is 276 g/mol. The smallest absolute Gasteiger partial charge is 0.241 e. The van der Waals surface area contributed by atoms with Gasteiger partial charge in [-0.1, -0.05) is 18.3 Å². The predicted molar refractivity (Wildman–Crippen MR) is 69.9 cm³/mol. The summed E-state index contributed by atoms with van der Waals surface area (Å²) in [5.74, 6) is -0.635. The lowest BCUT2D eigenvalue weighted by Gasteiger charge is -2.14. The second-order valence-corrected chi connectivity index (χ2v) is 6.15. The van der Waals surface area contributed by atoms with Gasteiger partial charge in [0.1, 0.15) is 11.1 Å². The summed E-state index contributed by atoms with van der Waals surface area (Å²) in [6, 6.07) is 4.20. The minimum Gasteiger partial charge on any atom is -0.392 e. The molecule has 4 nitrogen and oxygen atoms in total. The van der Waals surface area contributed by atoms with Crippen molar-refractivity contribution in [2.75, 3.05) is 4.72 Å². The van der Waals surface area contributed by atoms with Crippen LogP contribution in [0.4, 0.5) is 10.1 Å². The minimum absolute atomic E-state index is 0.112. The molecule has 0 spiro atoms. The first kappa shape index (κ1) is 13.9. The van der Waals surface area contributed by atoms with E-state index in [1.807, 2.05) is 0 Å². The summed E-state index contributed by atoms with van der Waals surface area (Å²) >= 11 is 4.60. The molecule has 0 bridgehead atoms. The zero-order valence-electron chi connectivity index (χ0n) is 9.40. The first-order valence-electron chi connectivity index (χ1n) is 4.81. The van der Waals surface area contributed by atoms with E-state index in [9.17, 15) is 12.8 Å². The van der Waals surface area contributed by atoms with Gasteiger partial charge in [0.25, 0.3) is 0 Å². The Morgan fingerprint density at radius 3 is 2.59 bits per heavy atom. The molecule has 1 atom stereocenters. The molecule has 0 fully saturated rings. The van der Waals surface area contributed by atoms with Crippen LogP contribution in [-0.2, 0) is 10.0 Å². The molecule has 0 heterocycles. The lowest BCUT2D eigenvalue weighted by atomic mass is 10.2. The fourth-order valence-corrected chi connectivity index (χ4v) is 2.43. The Kier molecular flexibility index (Phi) is 4.05. The van der Waals surface area contributed by atoms with Gasteiger partial charge in [-0.2, -0.15) is 0 Å². The van der Waals surface area contributed by atoms with Crippen LogP contribution >= 0.6 is 12.2 Å². The van der Waals surface area contributed by atoms with Crippen molar-refractivity contribution in [1.82, 2.24) is 0 Å². The highest BCUT2D eigenvalue weighted by atomic mass is 32.2. The summed E-state index contributed by atoms with van der Waals surface area (Å²) in [6.07, 6.45) is 0. The number of halogens is 1. The van der Waals surface area contributed by atoms with Gasteiger partial charge in [0.05, 0.1) is 10.7 Å². The number of hydrogen-bond donors (Lipinski definition) is 2. The maximum absolute atomic E-state index is 13.5. The Labute approximate surface area is 105 Å². The van der Waals surface area contributed by atoms with Gasteiger partial charge < -0.3 is 5.73 Å². The van der Waals surface area contributed by atoms with E-state index in [0.29, 0.717) is 5.56 Å². The van der Waals surface area contributed by atoms with Crippen molar-refractivity contribution >= 4 is 32.9 Å². The van der Waals surface area contributed by atoms with Crippen molar-refractivity contribution in [3.05, 3.63) is 29.6 Å². The van der Waals surface area contributed by atoms with Crippen LogP contribution in [0.2, 0.25) is 0 Å². The van der Waals surface area contributed by atoms with Gasteiger partial charge in [-0.25, -0.2) is 12.8 Å². The first-order chi connectivity index (χ1) is 7.74. The summed E-state index contributed by atoms with van der Waals surface area (Å²) < 4.78 is 39.0. The Morgan fingerprint density at radius 1 is 1.53 bits per heavy atom. The summed E-state index contributed by atoms with van der Waals surface area (Å²) in [6.45, 7) is 3.05. The van der Waals surface area contributed by atoms with Crippen LogP contribution in [0, 0.1) is 12.7 Å². The molecule has 1 unspecified atom stereocenters. The third-order valence-corrected chi connectivity index (χ3v) is 4.43. The summed E-state index contributed by atoms with van der Waals surface area (Å²) in [7, 11) is -3.80. The van der Waals surface area contributed by atoms with Crippen LogP contribution < -0.4 is 10.5 Å². The van der Waals surface area contributed by atoms with Crippen LogP contribution in [0.1, 0.15) is 12.5 Å². The van der Waals surface area contributed by atoms with E-state index < -0.39 is 21.1 Å². The molecule has 94 valence electrons. The zero-order chi connectivity index (χ0) is 13.2. The van der Waals surface area contributed by atoms with Crippen LogP contribution in [0.5, 0.6) is 0 Å². The van der Waals surface area contributed by atoms with Gasteiger partial charge in [0.15, 0.2) is 0 Å². The molecule has 0 saturated carbocycles. The Morgan fingerprint density at radius 2 is 2.12 bits per heavy atom. The highest BCUT2D eigenvalue weighted by molar-refractivity contribution is 7.95. The average Bonchev–Trinajstić information content (AvgIpc) is 2.21. The van der Waals surface area contributed by atoms with Gasteiger partial charge in [-0.3, -0.25) is 4.72 Å². The Hall–Kier alpha value is -1.21. The van der Waals surface area contributed by atoms with E-state index in [-0.39, 0.29) is 10.7 Å². The zero-order valence-corrected chi connectivity index (χ0v) is 11.0. The summed E-state index contributed by atoms with van der Waals surface area (Å²) in [5.41, 5.74) is 5.85. The van der Waals surface area contributed by atoms with Gasteiger partial charge >= 0.3 is 0 Å². The number of aryl methyl sites for hydroxylation is 1. The highest BCUT2D eigenvalue weighted by Gasteiger charge is 2.24. The first-order valence-corrected chi connectivity index (χ1v) is 6.76. The van der Waals surface area contributed by atoms with Gasteiger partial charge in [0, 0.05) is 0 Å². The lowest BCUT2D eigenvalue weighted by Crippen LogP contribution is -2.35. The summed E-state index contributed by atoms with van der Waals surface area (Å²) in [4.78, 5) is -0.162. The van der Waals surface area contributed by atoms with E-state index in [1.165, 1.54) is 19.1 Å². The van der Waals surface area contributed by atoms with Crippen molar-refractivity contribution in [1.29, 1.82) is 0 Å². The minimum atomic E-state index is -3.80. The number of sulfonamides is 1. The van der Waals surface area contributed by atoms with Crippen LogP contribution in [0.25, 0.3) is 0 Å². The number of thiocarbonyl (C=S) groups is 1. The molecular formula is C10H13FN2O2S2. The fourth-order valence-electron chi connectivity index (χ4n) is 1.10. The number of benzene rings is 1. The topological polar surface area (TPSA) is 72.2 Å². The van der Waals surface area contributed by atoms with Gasteiger partial charge in [-0.15, -0.1) is 0 Å². The number of nitrogens with two attached hydrogens (primary N) is 1. The Balaban J connectivity index is 3.02. The van der Waals surface area contributed by atoms with E-state index in [1.54, 1.807) is 13.0 Å². The molecule has 0 radical (unpaired) electrons. The number of rotatable bonds is 4. The summed E-state index contributed by atoms with van der Waals surface area (Å²) in [5, 5.41) is -1.06. The van der Waals surface area contributed by atoms with E-state index in [0.717, 1.165) is 0 Å². The SMILES string of the molecule is Cc1ccc(NS(=O)(=O)C(C)C(N)=S)c(F)c1. The third kappa shape index (κ3) is 3.37. The number of anilines is 1. The third-order valence-electron chi connectivity index (χ3n) is 2.24. The molecule has 17 heavy (non-hydrogen) atoms. The fraction of sp³-hybridized carbons (Fsp3) is 0.300. The maximum atomic E-state index is 13.5. The molecule has 7 heteroatoms. The average molecular weight is 276 g/mol. The number of hydrogen-bond acceptors (Lipinski definition) is 3. The molecule has 0 saturated heterocycles. The molecule has 3 N–H and O–H groups in total. The second kappa shape index (κ2) is 4.97. The number of nitrogens with one attached hydrogen (secondary N) is 1. The molecule has 0 amide bonds. The predicted octanol–water partition coefficient (Wildman–Crippen LogP) is 1.55. The molecule has 1 rings (SSSR count). The molecule has 1 aromatic carbocycles. The van der Waals surface area contributed by atoms with Gasteiger partial charge in [0.2, 0.25) is 10.0 Å². The van der Waals surface area contributed by atoms with Crippen molar-refractivity contribution in [3.63, 3.8) is 0 Å². The molecule has 1 aromatic rings. The molecule has 0 aliphatic rings. The van der Waals surface area contributed by atoms with Crippen molar-refractivity contribution in [3.8, 4) is 0 Å². The van der Waals surface area contributed by atoms with E-state index >= 15 is 0 Å². The lowest BCUT2D eigenvalue weighted by molar-refractivity contribution is 0.596.